The van der Waals surface area contributed by atoms with Gasteiger partial charge in [0.25, 0.3) is 11.5 Å². The molecule has 0 saturated carbocycles. The van der Waals surface area contributed by atoms with E-state index in [1.54, 1.807) is 24.7 Å². The molecule has 1 amide bonds. The highest BCUT2D eigenvalue weighted by Gasteiger charge is 2.28. The van der Waals surface area contributed by atoms with E-state index >= 15 is 0 Å². The number of pyridine rings is 1. The van der Waals surface area contributed by atoms with Crippen LogP contribution in [0.4, 0.5) is 11.5 Å². The lowest BCUT2D eigenvalue weighted by molar-refractivity contribution is 0.0977. The molecule has 0 aliphatic heterocycles. The lowest BCUT2D eigenvalue weighted by Crippen LogP contribution is -2.42. The van der Waals surface area contributed by atoms with E-state index in [0.717, 1.165) is 4.88 Å². The summed E-state index contributed by atoms with van der Waals surface area (Å²) in [5.74, 6) is -0.543. The smallest absolute Gasteiger partial charge is 0.330 e. The fourth-order valence-corrected chi connectivity index (χ4v) is 4.78. The van der Waals surface area contributed by atoms with Crippen molar-refractivity contribution in [3.8, 4) is 10.6 Å². The van der Waals surface area contributed by atoms with Gasteiger partial charge in [-0.05, 0) is 30.9 Å². The van der Waals surface area contributed by atoms with E-state index in [1.807, 2.05) is 24.4 Å². The van der Waals surface area contributed by atoms with Crippen LogP contribution in [0, 0.1) is 6.92 Å². The first-order chi connectivity index (χ1) is 16.8. The normalized spacial score (nSPS) is 11.3. The van der Waals surface area contributed by atoms with Gasteiger partial charge in [0.1, 0.15) is 5.82 Å². The number of nitrogen functional groups attached to an aromatic ring is 1. The van der Waals surface area contributed by atoms with Crippen LogP contribution >= 0.6 is 11.3 Å². The topological polar surface area (TPSA) is 141 Å². The van der Waals surface area contributed by atoms with Crippen LogP contribution in [0.5, 0.6) is 0 Å². The molecule has 0 spiro atoms. The SMILES string of the molecule is CCCn1c(N)c(N(CCOC)C(=O)c2cc(-c3cccs3)nc3c2c(C)nn3C)c(=O)[nH]c1=O. The third kappa shape index (κ3) is 4.37. The fourth-order valence-electron chi connectivity index (χ4n) is 4.09. The Balaban J connectivity index is 1.97. The molecule has 0 aliphatic rings. The second kappa shape index (κ2) is 9.84. The minimum absolute atomic E-state index is 0.0460. The van der Waals surface area contributed by atoms with Gasteiger partial charge < -0.3 is 10.5 Å². The molecule has 4 aromatic rings. The predicted octanol–water partition coefficient (Wildman–Crippen LogP) is 2.14. The summed E-state index contributed by atoms with van der Waals surface area (Å²) < 4.78 is 8.10. The zero-order chi connectivity index (χ0) is 25.3. The van der Waals surface area contributed by atoms with Crippen LogP contribution in [0.25, 0.3) is 21.6 Å². The average Bonchev–Trinajstić information content (AvgIpc) is 3.46. The Kier molecular flexibility index (Phi) is 6.85. The number of aromatic nitrogens is 5. The van der Waals surface area contributed by atoms with Crippen LogP contribution in [0.15, 0.2) is 33.2 Å². The van der Waals surface area contributed by atoms with Crippen molar-refractivity contribution in [2.24, 2.45) is 7.05 Å². The summed E-state index contributed by atoms with van der Waals surface area (Å²) in [6.07, 6.45) is 0.617. The second-order valence-electron chi connectivity index (χ2n) is 8.03. The van der Waals surface area contributed by atoms with Crippen molar-refractivity contribution in [2.75, 3.05) is 30.9 Å². The number of hydrogen-bond donors (Lipinski definition) is 2. The van der Waals surface area contributed by atoms with Crippen molar-refractivity contribution in [3.63, 3.8) is 0 Å². The number of carbonyl (C=O) groups is 1. The largest absolute Gasteiger partial charge is 0.383 e. The number of aryl methyl sites for hydroxylation is 2. The molecule has 0 unspecified atom stereocenters. The molecular weight excluding hydrogens is 470 g/mol. The predicted molar refractivity (Wildman–Crippen MR) is 136 cm³/mol. The van der Waals surface area contributed by atoms with Crippen LogP contribution in [0.3, 0.4) is 0 Å². The zero-order valence-electron chi connectivity index (χ0n) is 20.0. The minimum Gasteiger partial charge on any atom is -0.383 e. The molecular formula is C23H27N7O4S. The summed E-state index contributed by atoms with van der Waals surface area (Å²) in [4.78, 5) is 48.6. The number of ether oxygens (including phenoxy) is 1. The van der Waals surface area contributed by atoms with E-state index in [2.05, 4.69) is 10.1 Å². The third-order valence-corrected chi connectivity index (χ3v) is 6.56. The fraction of sp³-hybridized carbons (Fsp3) is 0.348. The van der Waals surface area contributed by atoms with E-state index in [9.17, 15) is 14.4 Å². The van der Waals surface area contributed by atoms with E-state index in [-0.39, 0.29) is 24.7 Å². The van der Waals surface area contributed by atoms with E-state index < -0.39 is 17.2 Å². The number of thiophene rings is 1. The number of aromatic amines is 1. The van der Waals surface area contributed by atoms with Gasteiger partial charge in [-0.15, -0.1) is 11.3 Å². The highest BCUT2D eigenvalue weighted by atomic mass is 32.1. The van der Waals surface area contributed by atoms with Crippen molar-refractivity contribution >= 4 is 39.8 Å². The highest BCUT2D eigenvalue weighted by Crippen LogP contribution is 2.31. The Hall–Kier alpha value is -3.77. The number of hydrogen-bond acceptors (Lipinski definition) is 8. The van der Waals surface area contributed by atoms with Crippen LogP contribution in [0.2, 0.25) is 0 Å². The molecule has 11 nitrogen and oxygen atoms in total. The maximum absolute atomic E-state index is 14.1. The number of nitrogens with one attached hydrogen (secondary N) is 1. The van der Waals surface area contributed by atoms with Crippen LogP contribution in [0.1, 0.15) is 29.4 Å². The maximum Gasteiger partial charge on any atom is 0.330 e. The summed E-state index contributed by atoms with van der Waals surface area (Å²) in [5, 5.41) is 6.97. The standard InChI is InChI=1S/C23H27N7O4S/c1-5-8-30-19(24)18(21(31)26-23(30)33)29(9-10-34-4)22(32)14-12-15(16-7-6-11-35-16)25-20-17(14)13(2)27-28(20)3/h6-7,11-12H,5,8-10,24H2,1-4H3,(H,26,31,33). The summed E-state index contributed by atoms with van der Waals surface area (Å²) in [6, 6.07) is 5.53. The number of rotatable bonds is 8. The molecule has 0 atom stereocenters. The highest BCUT2D eigenvalue weighted by molar-refractivity contribution is 7.13. The Morgan fingerprint density at radius 3 is 2.77 bits per heavy atom. The number of nitrogens with zero attached hydrogens (tertiary/aromatic N) is 5. The van der Waals surface area contributed by atoms with E-state index in [0.29, 0.717) is 41.0 Å². The first-order valence-corrected chi connectivity index (χ1v) is 12.0. The van der Waals surface area contributed by atoms with Crippen molar-refractivity contribution in [1.29, 1.82) is 0 Å². The van der Waals surface area contributed by atoms with Crippen molar-refractivity contribution in [2.45, 2.75) is 26.8 Å². The summed E-state index contributed by atoms with van der Waals surface area (Å²) in [5.41, 5.74) is 6.95. The Labute approximate surface area is 204 Å². The third-order valence-electron chi connectivity index (χ3n) is 5.67. The molecule has 35 heavy (non-hydrogen) atoms. The Morgan fingerprint density at radius 2 is 2.11 bits per heavy atom. The lowest BCUT2D eigenvalue weighted by atomic mass is 10.1. The molecule has 0 bridgehead atoms. The molecule has 0 radical (unpaired) electrons. The number of carbonyl (C=O) groups excluding carboxylic acids is 1. The zero-order valence-corrected chi connectivity index (χ0v) is 20.8. The minimum atomic E-state index is -0.740. The number of H-pyrrole nitrogens is 1. The van der Waals surface area contributed by atoms with Gasteiger partial charge in [-0.1, -0.05) is 13.0 Å². The van der Waals surface area contributed by atoms with Crippen LogP contribution in [-0.4, -0.2) is 50.5 Å². The molecule has 12 heteroatoms. The van der Waals surface area contributed by atoms with Gasteiger partial charge in [-0.25, -0.2) is 9.78 Å². The Bertz CT molecular complexity index is 1500. The molecule has 0 aromatic carbocycles. The quantitative estimate of drug-likeness (QED) is 0.380. The molecule has 4 heterocycles. The first kappa shape index (κ1) is 24.4. The molecule has 0 saturated heterocycles. The van der Waals surface area contributed by atoms with Crippen LogP contribution in [-0.2, 0) is 18.3 Å². The summed E-state index contributed by atoms with van der Waals surface area (Å²) in [6.45, 7) is 4.17. The summed E-state index contributed by atoms with van der Waals surface area (Å²) >= 11 is 1.50. The van der Waals surface area contributed by atoms with E-state index in [4.69, 9.17) is 15.5 Å². The monoisotopic (exact) mass is 497 g/mol. The van der Waals surface area contributed by atoms with Crippen molar-refractivity contribution in [1.82, 2.24) is 24.3 Å². The van der Waals surface area contributed by atoms with Gasteiger partial charge in [0.15, 0.2) is 11.3 Å². The number of fused-ring (bicyclic) bond motifs is 1. The number of anilines is 2. The van der Waals surface area contributed by atoms with Gasteiger partial charge in [0, 0.05) is 27.2 Å². The number of amides is 1. The van der Waals surface area contributed by atoms with E-state index in [1.165, 1.54) is 27.9 Å². The van der Waals surface area contributed by atoms with Gasteiger partial charge in [0.2, 0.25) is 0 Å². The van der Waals surface area contributed by atoms with Gasteiger partial charge in [0.05, 0.1) is 33.8 Å². The molecule has 4 rings (SSSR count). The molecule has 184 valence electrons. The molecule has 0 fully saturated rings. The lowest BCUT2D eigenvalue weighted by Gasteiger charge is -2.25. The van der Waals surface area contributed by atoms with Crippen molar-refractivity contribution < 1.29 is 9.53 Å². The number of methoxy groups -OCH3 is 1. The van der Waals surface area contributed by atoms with Crippen molar-refractivity contribution in [3.05, 3.63) is 55.7 Å². The molecule has 0 aliphatic carbocycles. The second-order valence-corrected chi connectivity index (χ2v) is 8.98. The Morgan fingerprint density at radius 1 is 1.34 bits per heavy atom. The van der Waals surface area contributed by atoms with Gasteiger partial charge in [-0.3, -0.25) is 28.7 Å². The van der Waals surface area contributed by atoms with Gasteiger partial charge in [-0.2, -0.15) is 5.10 Å². The maximum atomic E-state index is 14.1. The first-order valence-electron chi connectivity index (χ1n) is 11.1. The van der Waals surface area contributed by atoms with Crippen LogP contribution < -0.4 is 21.9 Å². The van der Waals surface area contributed by atoms with Gasteiger partial charge >= 0.3 is 5.69 Å². The number of nitrogens with two attached hydrogens (primary N) is 1. The summed E-state index contributed by atoms with van der Waals surface area (Å²) in [7, 11) is 3.26. The molecule has 3 N–H and O–H groups in total. The average molecular weight is 498 g/mol. The molecule has 4 aromatic heterocycles.